The summed E-state index contributed by atoms with van der Waals surface area (Å²) in [6.07, 6.45) is 7.63. The van der Waals surface area contributed by atoms with E-state index in [1.54, 1.807) is 11.9 Å². The lowest BCUT2D eigenvalue weighted by molar-refractivity contribution is -0.131. The highest BCUT2D eigenvalue weighted by atomic mass is 16.4. The number of carbonyl (C=O) groups excluding carboxylic acids is 1. The van der Waals surface area contributed by atoms with E-state index < -0.39 is 5.97 Å². The Morgan fingerprint density at radius 1 is 1.33 bits per heavy atom. The van der Waals surface area contributed by atoms with Gasteiger partial charge in [-0.05, 0) is 18.9 Å². The second-order valence-electron chi connectivity index (χ2n) is 4.93. The van der Waals surface area contributed by atoms with E-state index >= 15 is 0 Å². The first-order valence-corrected chi connectivity index (χ1v) is 6.78. The Bertz CT molecular complexity index is 536. The molecule has 2 rings (SSSR count). The van der Waals surface area contributed by atoms with E-state index in [0.29, 0.717) is 11.5 Å². The monoisotopic (exact) mass is 290 g/mol. The quantitative estimate of drug-likeness (QED) is 0.801. The van der Waals surface area contributed by atoms with E-state index in [1.165, 1.54) is 18.5 Å². The molecule has 1 fully saturated rings. The Labute approximate surface area is 122 Å². The molecule has 1 N–H and O–H groups in total. The molecule has 1 amide bonds. The molecule has 21 heavy (non-hydrogen) atoms. The highest BCUT2D eigenvalue weighted by molar-refractivity contribution is 5.85. The molecule has 7 heteroatoms. The Balaban J connectivity index is 1.94. The van der Waals surface area contributed by atoms with Crippen LogP contribution >= 0.6 is 0 Å². The molecule has 0 spiro atoms. The Kier molecular flexibility index (Phi) is 4.86. The lowest BCUT2D eigenvalue weighted by Gasteiger charge is -2.21. The van der Waals surface area contributed by atoms with Gasteiger partial charge in [-0.1, -0.05) is 0 Å². The summed E-state index contributed by atoms with van der Waals surface area (Å²) in [7, 11) is 1.76. The zero-order valence-corrected chi connectivity index (χ0v) is 11.9. The molecule has 0 saturated carbocycles. The predicted molar refractivity (Wildman–Crippen MR) is 77.8 cm³/mol. The second-order valence-corrected chi connectivity index (χ2v) is 4.93. The van der Waals surface area contributed by atoms with Crippen LogP contribution in [0, 0.1) is 0 Å². The molecule has 1 aliphatic heterocycles. The maximum Gasteiger partial charge on any atom is 0.328 e. The van der Waals surface area contributed by atoms with Gasteiger partial charge in [0.1, 0.15) is 0 Å². The van der Waals surface area contributed by atoms with Gasteiger partial charge in [-0.25, -0.2) is 14.8 Å². The van der Waals surface area contributed by atoms with Gasteiger partial charge in [0.25, 0.3) is 0 Å². The summed E-state index contributed by atoms with van der Waals surface area (Å²) in [6, 6.07) is 0. The van der Waals surface area contributed by atoms with Crippen molar-refractivity contribution < 1.29 is 14.7 Å². The largest absolute Gasteiger partial charge is 0.478 e. The lowest BCUT2D eigenvalue weighted by Crippen LogP contribution is -2.37. The molecular formula is C14H18N4O3. The van der Waals surface area contributed by atoms with Crippen LogP contribution in [0.3, 0.4) is 0 Å². The summed E-state index contributed by atoms with van der Waals surface area (Å²) in [5, 5.41) is 8.54. The van der Waals surface area contributed by atoms with Crippen molar-refractivity contribution in [3.8, 4) is 0 Å². The van der Waals surface area contributed by atoms with E-state index in [0.717, 1.165) is 32.0 Å². The third-order valence-corrected chi connectivity index (χ3v) is 3.25. The predicted octanol–water partition coefficient (Wildman–Crippen LogP) is 0.633. The number of anilines is 1. The van der Waals surface area contributed by atoms with E-state index in [2.05, 4.69) is 9.97 Å². The first-order chi connectivity index (χ1) is 10.1. The lowest BCUT2D eigenvalue weighted by atomic mass is 10.3. The SMILES string of the molecule is CN(CC(=O)N1CCCC1)c1ncc(/C=C/C(=O)O)cn1. The zero-order valence-electron chi connectivity index (χ0n) is 11.9. The number of amides is 1. The fourth-order valence-corrected chi connectivity index (χ4v) is 2.12. The van der Waals surface area contributed by atoms with Gasteiger partial charge in [0.2, 0.25) is 11.9 Å². The van der Waals surface area contributed by atoms with Gasteiger partial charge < -0.3 is 14.9 Å². The standard InChI is InChI=1S/C14H18N4O3/c1-17(10-12(19)18-6-2-3-7-18)14-15-8-11(9-16-14)4-5-13(20)21/h4-5,8-9H,2-3,6-7,10H2,1H3,(H,20,21)/b5-4+. The van der Waals surface area contributed by atoms with E-state index in [1.807, 2.05) is 4.90 Å². The highest BCUT2D eigenvalue weighted by Gasteiger charge is 2.19. The molecule has 0 bridgehead atoms. The van der Waals surface area contributed by atoms with Crippen LogP contribution in [0.1, 0.15) is 18.4 Å². The molecule has 0 aliphatic carbocycles. The fourth-order valence-electron chi connectivity index (χ4n) is 2.12. The van der Waals surface area contributed by atoms with Gasteiger partial charge in [-0.3, -0.25) is 4.79 Å². The highest BCUT2D eigenvalue weighted by Crippen LogP contribution is 2.10. The molecule has 1 saturated heterocycles. The minimum absolute atomic E-state index is 0.0773. The average Bonchev–Trinajstić information content (AvgIpc) is 3.00. The van der Waals surface area contributed by atoms with Gasteiger partial charge in [-0.2, -0.15) is 0 Å². The molecule has 7 nitrogen and oxygen atoms in total. The number of rotatable bonds is 5. The fraction of sp³-hybridized carbons (Fsp3) is 0.429. The Morgan fingerprint density at radius 2 is 1.95 bits per heavy atom. The molecule has 0 aromatic carbocycles. The summed E-state index contributed by atoms with van der Waals surface area (Å²) < 4.78 is 0. The topological polar surface area (TPSA) is 86.6 Å². The van der Waals surface area contributed by atoms with E-state index in [-0.39, 0.29) is 12.5 Å². The number of likely N-dealkylation sites (tertiary alicyclic amines) is 1. The molecular weight excluding hydrogens is 272 g/mol. The Hall–Kier alpha value is -2.44. The molecule has 0 radical (unpaired) electrons. The van der Waals surface area contributed by atoms with Crippen LogP contribution in [0.2, 0.25) is 0 Å². The minimum atomic E-state index is -1.02. The number of carboxylic acids is 1. The van der Waals surface area contributed by atoms with Crippen molar-refractivity contribution in [1.29, 1.82) is 0 Å². The second kappa shape index (κ2) is 6.83. The van der Waals surface area contributed by atoms with Crippen molar-refractivity contribution in [2.45, 2.75) is 12.8 Å². The molecule has 1 aromatic heterocycles. The van der Waals surface area contributed by atoms with Crippen LogP contribution in [0.25, 0.3) is 6.08 Å². The van der Waals surface area contributed by atoms with Crippen LogP contribution in [0.15, 0.2) is 18.5 Å². The number of nitrogens with zero attached hydrogens (tertiary/aromatic N) is 4. The Morgan fingerprint density at radius 3 is 2.52 bits per heavy atom. The first kappa shape index (κ1) is 15.0. The number of aromatic nitrogens is 2. The summed E-state index contributed by atoms with van der Waals surface area (Å²) in [6.45, 7) is 1.89. The van der Waals surface area contributed by atoms with Crippen LogP contribution in [-0.2, 0) is 9.59 Å². The average molecular weight is 290 g/mol. The molecule has 0 unspecified atom stereocenters. The molecule has 2 heterocycles. The van der Waals surface area contributed by atoms with Crippen LogP contribution < -0.4 is 4.90 Å². The van der Waals surface area contributed by atoms with E-state index in [9.17, 15) is 9.59 Å². The van der Waals surface area contributed by atoms with Crippen LogP contribution in [0.5, 0.6) is 0 Å². The van der Waals surface area contributed by atoms with Crippen molar-refractivity contribution in [2.75, 3.05) is 31.6 Å². The van der Waals surface area contributed by atoms with Crippen LogP contribution in [-0.4, -0.2) is 58.5 Å². The number of hydrogen-bond acceptors (Lipinski definition) is 5. The summed E-state index contributed by atoms with van der Waals surface area (Å²) in [5.41, 5.74) is 0.598. The van der Waals surface area contributed by atoms with Crippen molar-refractivity contribution in [3.63, 3.8) is 0 Å². The van der Waals surface area contributed by atoms with Crippen molar-refractivity contribution in [2.24, 2.45) is 0 Å². The summed E-state index contributed by atoms with van der Waals surface area (Å²) in [5.74, 6) is -0.504. The van der Waals surface area contributed by atoms with Crippen molar-refractivity contribution >= 4 is 23.9 Å². The van der Waals surface area contributed by atoms with Gasteiger partial charge >= 0.3 is 5.97 Å². The molecule has 0 atom stereocenters. The number of carboxylic acid groups (broad SMARTS) is 1. The van der Waals surface area contributed by atoms with Gasteiger partial charge in [-0.15, -0.1) is 0 Å². The maximum absolute atomic E-state index is 12.0. The normalized spacial score (nSPS) is 14.6. The number of likely N-dealkylation sites (N-methyl/N-ethyl adjacent to an activating group) is 1. The van der Waals surface area contributed by atoms with Gasteiger partial charge in [0, 0.05) is 44.2 Å². The third kappa shape index (κ3) is 4.27. The minimum Gasteiger partial charge on any atom is -0.478 e. The molecule has 1 aliphatic rings. The van der Waals surface area contributed by atoms with Crippen LogP contribution in [0.4, 0.5) is 5.95 Å². The van der Waals surface area contributed by atoms with Crippen molar-refractivity contribution in [3.05, 3.63) is 24.0 Å². The van der Waals surface area contributed by atoms with Gasteiger partial charge in [0.15, 0.2) is 0 Å². The third-order valence-electron chi connectivity index (χ3n) is 3.25. The van der Waals surface area contributed by atoms with Crippen molar-refractivity contribution in [1.82, 2.24) is 14.9 Å². The number of hydrogen-bond donors (Lipinski definition) is 1. The van der Waals surface area contributed by atoms with Gasteiger partial charge in [0.05, 0.1) is 6.54 Å². The zero-order chi connectivity index (χ0) is 15.2. The molecule has 112 valence electrons. The summed E-state index contributed by atoms with van der Waals surface area (Å²) in [4.78, 5) is 34.2. The van der Waals surface area contributed by atoms with E-state index in [4.69, 9.17) is 5.11 Å². The maximum atomic E-state index is 12.0. The molecule has 1 aromatic rings. The summed E-state index contributed by atoms with van der Waals surface area (Å²) >= 11 is 0. The smallest absolute Gasteiger partial charge is 0.328 e. The number of carbonyl (C=O) groups is 2. The number of aliphatic carboxylic acids is 1. The first-order valence-electron chi connectivity index (χ1n) is 6.78.